The van der Waals surface area contributed by atoms with Crippen LogP contribution >= 0.6 is 0 Å². The maximum Gasteiger partial charge on any atom is 0.280 e. The lowest BCUT2D eigenvalue weighted by atomic mass is 10.1. The number of pyridine rings is 1. The molecule has 7 heteroatoms. The number of rotatable bonds is 4. The van der Waals surface area contributed by atoms with Gasteiger partial charge in [0, 0.05) is 19.3 Å². The molecule has 0 N–H and O–H groups in total. The summed E-state index contributed by atoms with van der Waals surface area (Å²) in [6, 6.07) is 11.8. The van der Waals surface area contributed by atoms with Crippen molar-refractivity contribution in [3.63, 3.8) is 0 Å². The molecule has 7 nitrogen and oxygen atoms in total. The summed E-state index contributed by atoms with van der Waals surface area (Å²) < 4.78 is 8.64. The lowest BCUT2D eigenvalue weighted by Gasteiger charge is -2.10. The van der Waals surface area contributed by atoms with E-state index >= 15 is 0 Å². The first-order valence-electron chi connectivity index (χ1n) is 8.45. The fourth-order valence-electron chi connectivity index (χ4n) is 3.15. The van der Waals surface area contributed by atoms with Crippen molar-refractivity contribution < 1.29 is 4.74 Å². The van der Waals surface area contributed by atoms with E-state index in [0.717, 1.165) is 16.8 Å². The first kappa shape index (κ1) is 16.4. The third kappa shape index (κ3) is 2.48. The van der Waals surface area contributed by atoms with Crippen molar-refractivity contribution in [1.82, 2.24) is 24.4 Å². The fraction of sp³-hybridized carbons (Fsp3) is 0.263. The van der Waals surface area contributed by atoms with Gasteiger partial charge in [-0.2, -0.15) is 5.10 Å². The van der Waals surface area contributed by atoms with Crippen LogP contribution in [0.3, 0.4) is 0 Å². The summed E-state index contributed by atoms with van der Waals surface area (Å²) >= 11 is 0. The zero-order valence-electron chi connectivity index (χ0n) is 14.9. The maximum atomic E-state index is 12.7. The molecule has 3 aromatic heterocycles. The summed E-state index contributed by atoms with van der Waals surface area (Å²) in [5.74, 6) is 0. The molecule has 4 aromatic rings. The fourth-order valence-corrected chi connectivity index (χ4v) is 3.15. The number of benzene rings is 1. The van der Waals surface area contributed by atoms with Gasteiger partial charge in [0.2, 0.25) is 0 Å². The molecule has 0 unspecified atom stereocenters. The molecule has 1 aromatic carbocycles. The Morgan fingerprint density at radius 3 is 2.58 bits per heavy atom. The van der Waals surface area contributed by atoms with E-state index in [1.165, 1.54) is 0 Å². The molecule has 0 amide bonds. The van der Waals surface area contributed by atoms with Gasteiger partial charge in [0.15, 0.2) is 11.2 Å². The third-order valence-electron chi connectivity index (χ3n) is 4.38. The minimum atomic E-state index is -0.169. The summed E-state index contributed by atoms with van der Waals surface area (Å²) in [6.45, 7) is 4.26. The molecule has 26 heavy (non-hydrogen) atoms. The van der Waals surface area contributed by atoms with Gasteiger partial charge in [-0.3, -0.25) is 4.79 Å². The lowest BCUT2D eigenvalue weighted by molar-refractivity contribution is 0.181. The number of methoxy groups -OCH3 is 1. The zero-order valence-corrected chi connectivity index (χ0v) is 14.9. The molecule has 0 atom stereocenters. The summed E-state index contributed by atoms with van der Waals surface area (Å²) in [4.78, 5) is 12.7. The van der Waals surface area contributed by atoms with Crippen LogP contribution in [0.2, 0.25) is 0 Å². The average Bonchev–Trinajstić information content (AvgIpc) is 3.01. The van der Waals surface area contributed by atoms with E-state index < -0.39 is 0 Å². The van der Waals surface area contributed by atoms with Gasteiger partial charge in [0.05, 0.1) is 17.9 Å². The van der Waals surface area contributed by atoms with Gasteiger partial charge >= 0.3 is 0 Å². The van der Waals surface area contributed by atoms with Crippen molar-refractivity contribution in [2.45, 2.75) is 26.5 Å². The Hall–Kier alpha value is -3.06. The minimum Gasteiger partial charge on any atom is -0.378 e. The van der Waals surface area contributed by atoms with Crippen molar-refractivity contribution in [3.05, 3.63) is 58.6 Å². The summed E-state index contributed by atoms with van der Waals surface area (Å²) in [7, 11) is 1.63. The molecular formula is C19H19N5O2. The molecule has 3 heterocycles. The molecule has 0 radical (unpaired) electrons. The van der Waals surface area contributed by atoms with Gasteiger partial charge in [0.1, 0.15) is 5.52 Å². The van der Waals surface area contributed by atoms with E-state index in [9.17, 15) is 4.79 Å². The van der Waals surface area contributed by atoms with Crippen LogP contribution in [0.15, 0.2) is 47.4 Å². The summed E-state index contributed by atoms with van der Waals surface area (Å²) in [5.41, 5.74) is 3.99. The smallest absolute Gasteiger partial charge is 0.280 e. The molecule has 0 saturated heterocycles. The topological polar surface area (TPSA) is 74.3 Å². The second-order valence-electron chi connectivity index (χ2n) is 6.41. The summed E-state index contributed by atoms with van der Waals surface area (Å²) in [6.07, 6.45) is 1.77. The molecule has 0 saturated carbocycles. The van der Waals surface area contributed by atoms with Crippen molar-refractivity contribution >= 4 is 16.7 Å². The van der Waals surface area contributed by atoms with Crippen LogP contribution in [0.25, 0.3) is 27.8 Å². The van der Waals surface area contributed by atoms with Gasteiger partial charge in [-0.05, 0) is 25.5 Å². The number of hydrogen-bond acceptors (Lipinski definition) is 5. The molecule has 0 aliphatic heterocycles. The number of aromatic nitrogens is 5. The summed E-state index contributed by atoms with van der Waals surface area (Å²) in [5, 5.41) is 13.2. The van der Waals surface area contributed by atoms with Crippen LogP contribution in [-0.2, 0) is 11.3 Å². The predicted molar refractivity (Wildman–Crippen MR) is 99.1 cm³/mol. The SMILES string of the molecule is COCc1nn2c(nnc3c(=O)n(C(C)C)ccc32)c1-c1ccccc1. The van der Waals surface area contributed by atoms with Crippen molar-refractivity contribution in [2.24, 2.45) is 0 Å². The van der Waals surface area contributed by atoms with Gasteiger partial charge < -0.3 is 9.30 Å². The van der Waals surface area contributed by atoms with Gasteiger partial charge in [-0.15, -0.1) is 10.2 Å². The van der Waals surface area contributed by atoms with Crippen LogP contribution in [0.5, 0.6) is 0 Å². The first-order valence-corrected chi connectivity index (χ1v) is 8.45. The van der Waals surface area contributed by atoms with Crippen molar-refractivity contribution in [2.75, 3.05) is 7.11 Å². The van der Waals surface area contributed by atoms with Crippen LogP contribution < -0.4 is 5.56 Å². The Bertz CT molecular complexity index is 1150. The molecule has 0 fully saturated rings. The molecule has 132 valence electrons. The molecule has 4 rings (SSSR count). The number of fused-ring (bicyclic) bond motifs is 3. The van der Waals surface area contributed by atoms with Gasteiger partial charge in [0.25, 0.3) is 5.56 Å². The Morgan fingerprint density at radius 2 is 1.88 bits per heavy atom. The Balaban J connectivity index is 2.07. The Morgan fingerprint density at radius 1 is 1.12 bits per heavy atom. The Labute approximate surface area is 149 Å². The van der Waals surface area contributed by atoms with E-state index in [0.29, 0.717) is 23.3 Å². The minimum absolute atomic E-state index is 0.0472. The van der Waals surface area contributed by atoms with Gasteiger partial charge in [-0.1, -0.05) is 30.3 Å². The van der Waals surface area contributed by atoms with Crippen LogP contribution in [-0.4, -0.2) is 31.5 Å². The highest BCUT2D eigenvalue weighted by molar-refractivity contribution is 5.84. The number of nitrogens with zero attached hydrogens (tertiary/aromatic N) is 5. The third-order valence-corrected chi connectivity index (χ3v) is 4.38. The van der Waals surface area contributed by atoms with Crippen LogP contribution in [0.1, 0.15) is 25.6 Å². The van der Waals surface area contributed by atoms with E-state index in [1.54, 1.807) is 22.4 Å². The van der Waals surface area contributed by atoms with Crippen LogP contribution in [0, 0.1) is 0 Å². The average molecular weight is 349 g/mol. The zero-order chi connectivity index (χ0) is 18.3. The largest absolute Gasteiger partial charge is 0.378 e. The van der Waals surface area contributed by atoms with E-state index in [4.69, 9.17) is 4.74 Å². The van der Waals surface area contributed by atoms with Crippen molar-refractivity contribution in [1.29, 1.82) is 0 Å². The number of ether oxygens (including phenoxy) is 1. The van der Waals surface area contributed by atoms with Crippen LogP contribution in [0.4, 0.5) is 0 Å². The number of hydrogen-bond donors (Lipinski definition) is 0. The first-order chi connectivity index (χ1) is 12.6. The molecular weight excluding hydrogens is 330 g/mol. The highest BCUT2D eigenvalue weighted by atomic mass is 16.5. The quantitative estimate of drug-likeness (QED) is 0.566. The predicted octanol–water partition coefficient (Wildman–Crippen LogP) is 2.83. The molecule has 0 aliphatic rings. The normalized spacial score (nSPS) is 11.7. The van der Waals surface area contributed by atoms with Gasteiger partial charge in [-0.25, -0.2) is 4.52 Å². The molecule has 0 spiro atoms. The lowest BCUT2D eigenvalue weighted by Crippen LogP contribution is -2.23. The second kappa shape index (κ2) is 6.34. The Kier molecular flexibility index (Phi) is 4.00. The van der Waals surface area contributed by atoms with E-state index in [2.05, 4.69) is 15.3 Å². The maximum absolute atomic E-state index is 12.7. The van der Waals surface area contributed by atoms with E-state index in [-0.39, 0.29) is 11.6 Å². The highest BCUT2D eigenvalue weighted by Crippen LogP contribution is 2.28. The standard InChI is InChI=1S/C19H19N5O2/c1-12(2)23-10-9-15-17(19(23)25)20-21-18-16(13-7-5-4-6-8-13)14(11-26-3)22-24(15)18/h4-10,12H,11H2,1-3H3. The van der Waals surface area contributed by atoms with E-state index in [1.807, 2.05) is 50.2 Å². The van der Waals surface area contributed by atoms with Crippen molar-refractivity contribution in [3.8, 4) is 11.1 Å². The molecule has 0 aliphatic carbocycles. The molecule has 0 bridgehead atoms. The monoisotopic (exact) mass is 349 g/mol. The second-order valence-corrected chi connectivity index (χ2v) is 6.41. The highest BCUT2D eigenvalue weighted by Gasteiger charge is 2.19.